The molecule has 0 aliphatic carbocycles. The summed E-state index contributed by atoms with van der Waals surface area (Å²) in [5, 5.41) is 10.7. The van der Waals surface area contributed by atoms with Crippen LogP contribution in [0.5, 0.6) is 0 Å². The van der Waals surface area contributed by atoms with Crippen LogP contribution in [0.15, 0.2) is 18.2 Å². The van der Waals surface area contributed by atoms with Crippen molar-refractivity contribution in [2.75, 3.05) is 6.54 Å². The fourth-order valence-electron chi connectivity index (χ4n) is 1.06. The molecule has 1 amide bonds. The molecule has 0 spiro atoms. The summed E-state index contributed by atoms with van der Waals surface area (Å²) in [6, 6.07) is 5.97. The second-order valence-electron chi connectivity index (χ2n) is 2.81. The van der Waals surface area contributed by atoms with Gasteiger partial charge < -0.3 is 5.32 Å². The Bertz CT molecular complexity index is 394. The fraction of sp³-hybridized carbons (Fsp3) is 0.200. The molecule has 0 aliphatic heterocycles. The average molecular weight is 227 g/mol. The SMILES string of the molecule is N#CCNC(=O)Cc1c(F)cccc1Cl. The summed E-state index contributed by atoms with van der Waals surface area (Å²) in [5.74, 6) is -0.946. The van der Waals surface area contributed by atoms with Crippen LogP contribution in [0.4, 0.5) is 4.39 Å². The second-order valence-corrected chi connectivity index (χ2v) is 3.22. The summed E-state index contributed by atoms with van der Waals surface area (Å²) in [4.78, 5) is 11.2. The Kier molecular flexibility index (Phi) is 4.07. The van der Waals surface area contributed by atoms with E-state index in [1.54, 1.807) is 6.07 Å². The molecule has 1 N–H and O–H groups in total. The number of benzene rings is 1. The number of carbonyl (C=O) groups excluding carboxylic acids is 1. The van der Waals surface area contributed by atoms with E-state index in [1.807, 2.05) is 0 Å². The van der Waals surface area contributed by atoms with Crippen molar-refractivity contribution < 1.29 is 9.18 Å². The first kappa shape index (κ1) is 11.5. The van der Waals surface area contributed by atoms with Gasteiger partial charge in [-0.05, 0) is 12.1 Å². The van der Waals surface area contributed by atoms with Crippen molar-refractivity contribution in [1.29, 1.82) is 5.26 Å². The Labute approximate surface area is 91.5 Å². The number of nitrogens with zero attached hydrogens (tertiary/aromatic N) is 1. The molecule has 0 atom stereocenters. The van der Waals surface area contributed by atoms with Crippen LogP contribution in [0.1, 0.15) is 5.56 Å². The minimum Gasteiger partial charge on any atom is -0.343 e. The molecule has 0 aliphatic rings. The monoisotopic (exact) mass is 226 g/mol. The number of rotatable bonds is 3. The van der Waals surface area contributed by atoms with E-state index in [-0.39, 0.29) is 23.6 Å². The first-order valence-electron chi connectivity index (χ1n) is 4.21. The van der Waals surface area contributed by atoms with Crippen LogP contribution >= 0.6 is 11.6 Å². The maximum atomic E-state index is 13.2. The van der Waals surface area contributed by atoms with Crippen molar-refractivity contribution >= 4 is 17.5 Å². The Balaban J connectivity index is 2.73. The number of halogens is 2. The highest BCUT2D eigenvalue weighted by Gasteiger charge is 2.10. The Morgan fingerprint density at radius 2 is 2.33 bits per heavy atom. The van der Waals surface area contributed by atoms with E-state index in [1.165, 1.54) is 18.2 Å². The van der Waals surface area contributed by atoms with E-state index < -0.39 is 11.7 Å². The summed E-state index contributed by atoms with van der Waals surface area (Å²) in [6.07, 6.45) is -0.160. The number of nitrogens with one attached hydrogen (secondary N) is 1. The Morgan fingerprint density at radius 1 is 1.60 bits per heavy atom. The molecular formula is C10H8ClFN2O. The van der Waals surface area contributed by atoms with Crippen LogP contribution < -0.4 is 5.32 Å². The van der Waals surface area contributed by atoms with Gasteiger partial charge in [-0.25, -0.2) is 4.39 Å². The summed E-state index contributed by atoms with van der Waals surface area (Å²) in [5.41, 5.74) is 0.148. The molecule has 0 radical (unpaired) electrons. The van der Waals surface area contributed by atoms with Crippen molar-refractivity contribution in [3.05, 3.63) is 34.6 Å². The fourth-order valence-corrected chi connectivity index (χ4v) is 1.29. The van der Waals surface area contributed by atoms with E-state index >= 15 is 0 Å². The zero-order valence-electron chi connectivity index (χ0n) is 7.76. The van der Waals surface area contributed by atoms with Gasteiger partial charge in [0, 0.05) is 10.6 Å². The molecule has 0 saturated carbocycles. The molecule has 1 aromatic rings. The molecule has 15 heavy (non-hydrogen) atoms. The third-order valence-corrected chi connectivity index (χ3v) is 2.12. The molecule has 0 saturated heterocycles. The van der Waals surface area contributed by atoms with Gasteiger partial charge in [0.1, 0.15) is 12.4 Å². The van der Waals surface area contributed by atoms with Crippen molar-refractivity contribution in [2.24, 2.45) is 0 Å². The zero-order valence-corrected chi connectivity index (χ0v) is 8.51. The summed E-state index contributed by atoms with van der Waals surface area (Å²) >= 11 is 5.72. The molecule has 3 nitrogen and oxygen atoms in total. The molecule has 0 fully saturated rings. The van der Waals surface area contributed by atoms with Crippen molar-refractivity contribution in [1.82, 2.24) is 5.32 Å². The lowest BCUT2D eigenvalue weighted by Gasteiger charge is -2.04. The molecule has 0 unspecified atom stereocenters. The number of hydrogen-bond donors (Lipinski definition) is 1. The van der Waals surface area contributed by atoms with Gasteiger partial charge in [0.25, 0.3) is 0 Å². The molecular weight excluding hydrogens is 219 g/mol. The Hall–Kier alpha value is -1.60. The molecule has 78 valence electrons. The maximum absolute atomic E-state index is 13.2. The molecule has 1 rings (SSSR count). The van der Waals surface area contributed by atoms with Gasteiger partial charge in [-0.2, -0.15) is 5.26 Å². The highest BCUT2D eigenvalue weighted by atomic mass is 35.5. The van der Waals surface area contributed by atoms with Gasteiger partial charge in [0.05, 0.1) is 12.5 Å². The van der Waals surface area contributed by atoms with Crippen LogP contribution in [0.25, 0.3) is 0 Å². The normalized spacial score (nSPS) is 9.40. The third kappa shape index (κ3) is 3.22. The third-order valence-electron chi connectivity index (χ3n) is 1.76. The number of hydrogen-bond acceptors (Lipinski definition) is 2. The van der Waals surface area contributed by atoms with Crippen LogP contribution in [-0.2, 0) is 11.2 Å². The van der Waals surface area contributed by atoms with Crippen molar-refractivity contribution in [3.63, 3.8) is 0 Å². The molecule has 5 heteroatoms. The average Bonchev–Trinajstić information content (AvgIpc) is 2.21. The van der Waals surface area contributed by atoms with Gasteiger partial charge in [-0.1, -0.05) is 17.7 Å². The highest BCUT2D eigenvalue weighted by molar-refractivity contribution is 6.31. The zero-order chi connectivity index (χ0) is 11.3. The van der Waals surface area contributed by atoms with Gasteiger partial charge in [-0.3, -0.25) is 4.79 Å². The van der Waals surface area contributed by atoms with Crippen LogP contribution in [-0.4, -0.2) is 12.5 Å². The van der Waals surface area contributed by atoms with E-state index in [2.05, 4.69) is 5.32 Å². The first-order chi connectivity index (χ1) is 7.15. The largest absolute Gasteiger partial charge is 0.343 e. The van der Waals surface area contributed by atoms with E-state index in [9.17, 15) is 9.18 Å². The highest BCUT2D eigenvalue weighted by Crippen LogP contribution is 2.19. The maximum Gasteiger partial charge on any atom is 0.225 e. The molecule has 0 bridgehead atoms. The quantitative estimate of drug-likeness (QED) is 0.797. The van der Waals surface area contributed by atoms with E-state index in [0.29, 0.717) is 0 Å². The summed E-state index contributed by atoms with van der Waals surface area (Å²) in [7, 11) is 0. The standard InChI is InChI=1S/C10H8ClFN2O/c11-8-2-1-3-9(12)7(8)6-10(15)14-5-4-13/h1-3H,5-6H2,(H,14,15). The van der Waals surface area contributed by atoms with Crippen molar-refractivity contribution in [3.8, 4) is 6.07 Å². The summed E-state index contributed by atoms with van der Waals surface area (Å²) < 4.78 is 13.2. The first-order valence-corrected chi connectivity index (χ1v) is 4.59. The lowest BCUT2D eigenvalue weighted by atomic mass is 10.1. The molecule has 1 aromatic carbocycles. The molecule has 0 heterocycles. The van der Waals surface area contributed by atoms with Gasteiger partial charge >= 0.3 is 0 Å². The number of amides is 1. The smallest absolute Gasteiger partial charge is 0.225 e. The predicted molar refractivity (Wildman–Crippen MR) is 53.7 cm³/mol. The van der Waals surface area contributed by atoms with Crippen molar-refractivity contribution in [2.45, 2.75) is 6.42 Å². The lowest BCUT2D eigenvalue weighted by Crippen LogP contribution is -2.25. The van der Waals surface area contributed by atoms with E-state index in [0.717, 1.165) is 0 Å². The van der Waals surface area contributed by atoms with Crippen LogP contribution in [0, 0.1) is 17.1 Å². The molecule has 0 aromatic heterocycles. The minimum atomic E-state index is -0.519. The number of carbonyl (C=O) groups is 1. The van der Waals surface area contributed by atoms with Gasteiger partial charge in [0.15, 0.2) is 0 Å². The lowest BCUT2D eigenvalue weighted by molar-refractivity contribution is -0.120. The van der Waals surface area contributed by atoms with Gasteiger partial charge in [0.2, 0.25) is 5.91 Å². The minimum absolute atomic E-state index is 0.0924. The topological polar surface area (TPSA) is 52.9 Å². The van der Waals surface area contributed by atoms with Crippen LogP contribution in [0.3, 0.4) is 0 Å². The second kappa shape index (κ2) is 5.32. The van der Waals surface area contributed by atoms with Crippen LogP contribution in [0.2, 0.25) is 5.02 Å². The predicted octanol–water partition coefficient (Wildman–Crippen LogP) is 1.66. The summed E-state index contributed by atoms with van der Waals surface area (Å²) in [6.45, 7) is -0.0924. The Morgan fingerprint density at radius 3 is 2.93 bits per heavy atom. The van der Waals surface area contributed by atoms with E-state index in [4.69, 9.17) is 16.9 Å². The number of nitriles is 1. The van der Waals surface area contributed by atoms with Gasteiger partial charge in [-0.15, -0.1) is 0 Å².